The first-order valence-electron chi connectivity index (χ1n) is 38.8. The molecule has 39 heteroatoms. The van der Waals surface area contributed by atoms with Crippen LogP contribution in [0.3, 0.4) is 0 Å². The van der Waals surface area contributed by atoms with Crippen LogP contribution in [0, 0.1) is 30.1 Å². The lowest BCUT2D eigenvalue weighted by Gasteiger charge is -2.22. The summed E-state index contributed by atoms with van der Waals surface area (Å²) < 4.78 is 37.5. The van der Waals surface area contributed by atoms with E-state index >= 15 is 0 Å². The second-order valence-electron chi connectivity index (χ2n) is 29.4. The summed E-state index contributed by atoms with van der Waals surface area (Å²) in [6, 6.07) is 45.1. The third-order valence-electron chi connectivity index (χ3n) is 21.2. The highest BCUT2D eigenvalue weighted by atomic mass is 19.4. The summed E-state index contributed by atoms with van der Waals surface area (Å²) >= 11 is 0. The average Bonchev–Trinajstić information content (AvgIpc) is 1.63. The van der Waals surface area contributed by atoms with E-state index in [-0.39, 0.29) is 30.1 Å². The number of hydrogen-bond acceptors (Lipinski definition) is 24. The molecule has 5 fully saturated rings. The largest absolute Gasteiger partial charge is 0.409 e. The fraction of sp³-hybridized carbons (Fsp3) is 0.200. The first kappa shape index (κ1) is 78.6. The van der Waals surface area contributed by atoms with Gasteiger partial charge in [-0.05, 0) is 140 Å². The summed E-state index contributed by atoms with van der Waals surface area (Å²) in [5.74, 6) is 8.64. The number of carbonyl (C=O) groups excluding carboxylic acids is 8. The number of aromatic nitrogens is 16. The average molecular weight is 1660 g/mol. The molecule has 4 N–H and O–H groups in total. The molecule has 4 saturated heterocycles. The van der Waals surface area contributed by atoms with Gasteiger partial charge in [-0.1, -0.05) is 133 Å². The van der Waals surface area contributed by atoms with Gasteiger partial charge in [-0.3, -0.25) is 80.0 Å². The van der Waals surface area contributed by atoms with E-state index in [0.717, 1.165) is 87.5 Å². The van der Waals surface area contributed by atoms with Gasteiger partial charge in [0.1, 0.15) is 37.3 Å². The van der Waals surface area contributed by atoms with Crippen LogP contribution in [0.5, 0.6) is 0 Å². The molecule has 12 heterocycles. The van der Waals surface area contributed by atoms with Gasteiger partial charge in [0.15, 0.2) is 6.54 Å². The number of benzene rings is 8. The molecule has 1 aliphatic carbocycles. The number of tetrazole rings is 4. The highest BCUT2D eigenvalue weighted by molar-refractivity contribution is 6.17. The zero-order chi connectivity index (χ0) is 85.4. The molecule has 4 atom stereocenters. The lowest BCUT2D eigenvalue weighted by Crippen LogP contribution is -2.29. The van der Waals surface area contributed by atoms with Crippen LogP contribution >= 0.6 is 0 Å². The van der Waals surface area contributed by atoms with Gasteiger partial charge in [0.2, 0.25) is 23.3 Å². The van der Waals surface area contributed by atoms with Crippen molar-refractivity contribution in [3.05, 3.63) is 214 Å². The molecule has 21 rings (SSSR count). The molecule has 4 unspecified atom stereocenters. The second-order valence-corrected chi connectivity index (χ2v) is 29.4. The maximum atomic E-state index is 12.6. The van der Waals surface area contributed by atoms with Crippen LogP contribution in [0.2, 0.25) is 0 Å². The van der Waals surface area contributed by atoms with Crippen molar-refractivity contribution in [1.82, 2.24) is 102 Å². The van der Waals surface area contributed by atoms with Crippen molar-refractivity contribution in [1.29, 1.82) is 0 Å². The summed E-state index contributed by atoms with van der Waals surface area (Å²) in [5.41, 5.74) is 15.2. The van der Waals surface area contributed by atoms with E-state index in [1.165, 1.54) is 42.0 Å². The van der Waals surface area contributed by atoms with E-state index in [9.17, 15) is 51.5 Å². The third kappa shape index (κ3) is 16.2. The molecular formula is C85H65F3N28O8. The molecule has 4 aromatic heterocycles. The number of urea groups is 4. The quantitative estimate of drug-likeness (QED) is 0.0486. The standard InChI is InChI=1S/C22H19N7O2.C22H17N7O2.C21H15N7O2.C20H14F3N7O2/c30-21-19(29(22(31)24-21)17-8-7-14-9-10-23-18(14)11-17)15-3-5-16(6-4-15)20-25-27-28(26-20)12-13-1-2-13;1-2-3-12-28-26-20(25-27-28)16-6-4-15(5-7-16)19-21(30)24-22(31)29(19)17-9-8-14-10-11-23-18(14)13-17;1-2-11-27-25-19(24-26-27)15-5-3-14(4-6-15)18-20(29)23-21(30)28(18)16-8-7-13-9-10-22-17(13)12-16;21-20(22,23)10-29-27-17(26-28-29)13-3-1-12(2-4-13)16-18(31)25-19(32)30(16)14-6-5-11-7-8-24-15(11)9-14/h3-8,10-11,13,19H,1-2,9,12H2,(H,24,30,31);4-9,11,13,19H,10,12H2,1H3,(H,24,30,31);1,3-8,10,12,18H,9,11H2,(H,23,29,30);1-6,8-9,16H,7,10H2,(H,25,31,32). The van der Waals surface area contributed by atoms with Gasteiger partial charge < -0.3 is 0 Å². The minimum atomic E-state index is -4.46. The third-order valence-corrected chi connectivity index (χ3v) is 21.2. The Balaban J connectivity index is 0.000000113. The lowest BCUT2D eigenvalue weighted by molar-refractivity contribution is -0.145. The molecule has 12 amide bonds. The van der Waals surface area contributed by atoms with Crippen LogP contribution in [0.15, 0.2) is 190 Å². The van der Waals surface area contributed by atoms with Gasteiger partial charge in [-0.25, -0.2) is 19.2 Å². The van der Waals surface area contributed by atoms with Crippen LogP contribution in [0.25, 0.3) is 45.6 Å². The highest BCUT2D eigenvalue weighted by Crippen LogP contribution is 2.43. The Morgan fingerprint density at radius 1 is 0.379 bits per heavy atom. The van der Waals surface area contributed by atoms with Gasteiger partial charge in [-0.15, -0.1) is 53.1 Å². The fourth-order valence-corrected chi connectivity index (χ4v) is 15.0. The van der Waals surface area contributed by atoms with Crippen molar-refractivity contribution in [2.75, 3.05) is 19.6 Å². The number of halogens is 3. The molecule has 0 bridgehead atoms. The topological polar surface area (TPSA) is 421 Å². The van der Waals surface area contributed by atoms with Crippen LogP contribution in [-0.4, -0.2) is 160 Å². The number of alkyl halides is 3. The SMILES string of the molecule is C#CCn1nnc(-c2ccc(C3C(=O)NC(=O)N3c3ccc4c(c3)N=CC4)cc2)n1.CC#CCn1nnc(-c2ccc(C3C(=O)NC(=O)N3c3ccc4c(c3)N=CC4)cc2)n1.O=C1NC(=O)N(c2ccc3c(c2)N=CC3)C1c1ccc(-c2nnn(CC(F)(F)F)n2)cc1.O=C1NC(=O)N(c2ccc3c(c2)N=CC3)C1c1ccc(-c2nnn(CC3CC3)n2)cc1. The first-order chi connectivity index (χ1) is 60.2. The van der Waals surface area contributed by atoms with Gasteiger partial charge in [-0.2, -0.15) is 32.4 Å². The van der Waals surface area contributed by atoms with Crippen LogP contribution < -0.4 is 40.9 Å². The number of imide groups is 4. The Morgan fingerprint density at radius 2 is 0.661 bits per heavy atom. The van der Waals surface area contributed by atoms with Crippen LogP contribution in [0.4, 0.5) is 77.8 Å². The Hall–Kier alpha value is -16.6. The number of amides is 12. The van der Waals surface area contributed by atoms with Crippen LogP contribution in [0.1, 0.15) is 88.4 Å². The Morgan fingerprint density at radius 3 is 0.952 bits per heavy atom. The van der Waals surface area contributed by atoms with Gasteiger partial charge in [0.05, 0.1) is 29.3 Å². The zero-order valence-electron chi connectivity index (χ0n) is 65.1. The maximum absolute atomic E-state index is 12.6. The molecule has 8 aromatic carbocycles. The Bertz CT molecular complexity index is 6570. The summed E-state index contributed by atoms with van der Waals surface area (Å²) in [4.78, 5) is 128. The predicted molar refractivity (Wildman–Crippen MR) is 442 cm³/mol. The number of anilines is 4. The lowest BCUT2D eigenvalue weighted by atomic mass is 10.0. The number of terminal acetylenes is 1. The van der Waals surface area contributed by atoms with Crippen molar-refractivity contribution in [2.24, 2.45) is 25.9 Å². The molecule has 12 aromatic rings. The van der Waals surface area contributed by atoms with Gasteiger partial charge in [0, 0.05) is 95.5 Å². The smallest absolute Gasteiger partial charge is 0.277 e. The summed E-state index contributed by atoms with van der Waals surface area (Å²) in [6.45, 7) is 1.80. The van der Waals surface area contributed by atoms with E-state index in [1.54, 1.807) is 90.7 Å². The van der Waals surface area contributed by atoms with E-state index in [2.05, 4.69) is 121 Å². The molecule has 36 nitrogen and oxygen atoms in total. The van der Waals surface area contributed by atoms with Crippen molar-refractivity contribution in [3.63, 3.8) is 0 Å². The number of nitrogens with one attached hydrogen (secondary N) is 4. The Labute approximate surface area is 700 Å². The van der Waals surface area contributed by atoms with Crippen molar-refractivity contribution in [3.8, 4) is 69.7 Å². The molecule has 9 aliphatic rings. The minimum absolute atomic E-state index is 0.0149. The number of rotatable bonds is 17. The number of nitrogens with zero attached hydrogens (tertiary/aromatic N) is 24. The summed E-state index contributed by atoms with van der Waals surface area (Å²) in [7, 11) is 0. The summed E-state index contributed by atoms with van der Waals surface area (Å²) in [5, 5.41) is 57.5. The highest BCUT2D eigenvalue weighted by Gasteiger charge is 2.45. The van der Waals surface area contributed by atoms with E-state index < -0.39 is 66.9 Å². The van der Waals surface area contributed by atoms with E-state index in [1.807, 2.05) is 116 Å². The molecule has 8 aliphatic heterocycles. The molecule has 614 valence electrons. The second kappa shape index (κ2) is 32.9. The molecule has 1 saturated carbocycles. The minimum Gasteiger partial charge on any atom is -0.277 e. The zero-order valence-corrected chi connectivity index (χ0v) is 65.1. The van der Waals surface area contributed by atoms with Crippen molar-refractivity contribution < 1.29 is 51.5 Å². The van der Waals surface area contributed by atoms with E-state index in [4.69, 9.17) is 6.42 Å². The molecule has 124 heavy (non-hydrogen) atoms. The maximum Gasteiger partial charge on any atom is 0.409 e. The number of fused-ring (bicyclic) bond motifs is 4. The first-order valence-corrected chi connectivity index (χ1v) is 38.8. The predicted octanol–water partition coefficient (Wildman–Crippen LogP) is 10.2. The molecular weight excluding hydrogens is 1600 g/mol. The Kier molecular flexibility index (Phi) is 20.9. The summed E-state index contributed by atoms with van der Waals surface area (Å²) in [6.07, 6.45) is 13.6. The molecule has 0 radical (unpaired) electrons. The number of aliphatic imine (C=N–C) groups is 4. The number of carbonyl (C=O) groups is 8. The van der Waals surface area contributed by atoms with Crippen molar-refractivity contribution >= 4 is 118 Å². The normalized spacial score (nSPS) is 17.9. The molecule has 0 spiro atoms. The number of hydrogen-bond donors (Lipinski definition) is 4. The fourth-order valence-electron chi connectivity index (χ4n) is 15.0. The van der Waals surface area contributed by atoms with E-state index in [0.29, 0.717) is 91.7 Å². The van der Waals surface area contributed by atoms with Gasteiger partial charge >= 0.3 is 30.3 Å². The van der Waals surface area contributed by atoms with Crippen molar-refractivity contribution in [2.45, 2.75) is 102 Å². The monoisotopic (exact) mass is 1660 g/mol. The van der Waals surface area contributed by atoms with Gasteiger partial charge in [0.25, 0.3) is 23.6 Å². The van der Waals surface area contributed by atoms with Crippen LogP contribution in [-0.2, 0) is 71.0 Å².